The first-order valence-corrected chi connectivity index (χ1v) is 12.6. The van der Waals surface area contributed by atoms with Crippen LogP contribution >= 0.6 is 0 Å². The van der Waals surface area contributed by atoms with Crippen molar-refractivity contribution in [3.05, 3.63) is 117 Å². The number of aryl methyl sites for hydroxylation is 4. The summed E-state index contributed by atoms with van der Waals surface area (Å²) in [6.45, 7) is 8.46. The molecule has 188 valence electrons. The van der Waals surface area contributed by atoms with Crippen LogP contribution in [-0.2, 0) is 25.7 Å². The third-order valence-electron chi connectivity index (χ3n) is 6.70. The Balaban J connectivity index is 0.000000202. The topological polar surface area (TPSA) is 104 Å². The van der Waals surface area contributed by atoms with E-state index in [0.29, 0.717) is 0 Å². The van der Waals surface area contributed by atoms with Crippen molar-refractivity contribution in [2.75, 3.05) is 22.9 Å². The SMILES string of the molecule is CCc1cc(Cc2ccc(N)c(CC)c2)ccc1N.Cc1cc(N)ccc1Cc1ccc(N)cc1C. The molecule has 0 radical (unpaired) electrons. The van der Waals surface area contributed by atoms with Crippen LogP contribution in [0.15, 0.2) is 72.8 Å². The van der Waals surface area contributed by atoms with Crippen molar-refractivity contribution < 1.29 is 0 Å². The number of nitrogen functional groups attached to an aromatic ring is 4. The standard InChI is InChI=1S/C17H22N2.C15H18N2/c1-3-14-10-12(5-7-16(14)18)9-13-6-8-17(19)15(4-2)11-13;1-10-7-14(16)5-3-12(10)9-13-4-6-15(17)8-11(13)2/h5-8,10-11H,3-4,9,18-19H2,1-2H3;3-8H,9,16-17H2,1-2H3. The highest BCUT2D eigenvalue weighted by Crippen LogP contribution is 2.22. The maximum absolute atomic E-state index is 5.94. The molecule has 0 saturated carbocycles. The molecule has 4 nitrogen and oxygen atoms in total. The summed E-state index contributed by atoms with van der Waals surface area (Å²) in [4.78, 5) is 0. The molecule has 0 heterocycles. The van der Waals surface area contributed by atoms with Crippen LogP contribution in [0.3, 0.4) is 0 Å². The second-order valence-electron chi connectivity index (χ2n) is 9.50. The van der Waals surface area contributed by atoms with Gasteiger partial charge in [-0.2, -0.15) is 0 Å². The Morgan fingerprint density at radius 2 is 0.889 bits per heavy atom. The number of nitrogens with two attached hydrogens (primary N) is 4. The zero-order valence-electron chi connectivity index (χ0n) is 22.1. The highest BCUT2D eigenvalue weighted by atomic mass is 14.6. The minimum atomic E-state index is 0.820. The number of anilines is 4. The van der Waals surface area contributed by atoms with Gasteiger partial charge in [-0.1, -0.05) is 50.2 Å². The van der Waals surface area contributed by atoms with E-state index in [9.17, 15) is 0 Å². The number of hydrogen-bond acceptors (Lipinski definition) is 4. The number of rotatable bonds is 6. The summed E-state index contributed by atoms with van der Waals surface area (Å²) in [5.74, 6) is 0. The van der Waals surface area contributed by atoms with Gasteiger partial charge in [0.15, 0.2) is 0 Å². The lowest BCUT2D eigenvalue weighted by Gasteiger charge is -2.10. The fourth-order valence-corrected chi connectivity index (χ4v) is 4.43. The molecule has 4 aromatic rings. The van der Waals surface area contributed by atoms with E-state index in [2.05, 4.69) is 64.1 Å². The molecule has 0 saturated heterocycles. The van der Waals surface area contributed by atoms with Crippen LogP contribution in [0.4, 0.5) is 22.7 Å². The number of benzene rings is 4. The fraction of sp³-hybridized carbons (Fsp3) is 0.250. The molecule has 0 spiro atoms. The summed E-state index contributed by atoms with van der Waals surface area (Å²) < 4.78 is 0. The molecule has 0 aromatic heterocycles. The van der Waals surface area contributed by atoms with E-state index in [4.69, 9.17) is 22.9 Å². The second-order valence-corrected chi connectivity index (χ2v) is 9.50. The van der Waals surface area contributed by atoms with Crippen molar-refractivity contribution in [2.45, 2.75) is 53.4 Å². The lowest BCUT2D eigenvalue weighted by molar-refractivity contribution is 1.09. The lowest BCUT2D eigenvalue weighted by Crippen LogP contribution is -1.98. The Hall–Kier alpha value is -3.92. The van der Waals surface area contributed by atoms with Crippen LogP contribution in [0.5, 0.6) is 0 Å². The zero-order valence-corrected chi connectivity index (χ0v) is 22.1. The predicted octanol–water partition coefficient (Wildman–Crippen LogP) is 6.63. The average molecular weight is 481 g/mol. The Kier molecular flexibility index (Phi) is 9.02. The molecule has 0 aliphatic rings. The third-order valence-corrected chi connectivity index (χ3v) is 6.70. The van der Waals surface area contributed by atoms with E-state index < -0.39 is 0 Å². The van der Waals surface area contributed by atoms with Crippen molar-refractivity contribution in [3.8, 4) is 0 Å². The maximum Gasteiger partial charge on any atom is 0.0346 e. The van der Waals surface area contributed by atoms with E-state index in [1.54, 1.807) is 0 Å². The summed E-state index contributed by atoms with van der Waals surface area (Å²) >= 11 is 0. The Bertz CT molecular complexity index is 1220. The van der Waals surface area contributed by atoms with Gasteiger partial charge in [-0.05, 0) is 120 Å². The Morgan fingerprint density at radius 1 is 0.472 bits per heavy atom. The van der Waals surface area contributed by atoms with Crippen molar-refractivity contribution in [3.63, 3.8) is 0 Å². The maximum atomic E-state index is 5.94. The van der Waals surface area contributed by atoms with Crippen LogP contribution in [0.2, 0.25) is 0 Å². The summed E-state index contributed by atoms with van der Waals surface area (Å²) in [5, 5.41) is 0. The van der Waals surface area contributed by atoms with Gasteiger partial charge in [0, 0.05) is 22.7 Å². The van der Waals surface area contributed by atoms with Crippen molar-refractivity contribution in [1.82, 2.24) is 0 Å². The molecule has 4 rings (SSSR count). The van der Waals surface area contributed by atoms with Gasteiger partial charge in [-0.25, -0.2) is 0 Å². The van der Waals surface area contributed by atoms with Gasteiger partial charge < -0.3 is 22.9 Å². The zero-order chi connectivity index (χ0) is 26.2. The predicted molar refractivity (Wildman–Crippen MR) is 157 cm³/mol. The first-order chi connectivity index (χ1) is 17.2. The van der Waals surface area contributed by atoms with Gasteiger partial charge in [0.25, 0.3) is 0 Å². The van der Waals surface area contributed by atoms with Gasteiger partial charge in [0.1, 0.15) is 0 Å². The molecule has 0 amide bonds. The highest BCUT2D eigenvalue weighted by Gasteiger charge is 2.05. The molecule has 0 atom stereocenters. The minimum Gasteiger partial charge on any atom is -0.399 e. The van der Waals surface area contributed by atoms with Crippen molar-refractivity contribution in [2.24, 2.45) is 0 Å². The highest BCUT2D eigenvalue weighted by molar-refractivity contribution is 5.52. The first-order valence-electron chi connectivity index (χ1n) is 12.6. The molecule has 36 heavy (non-hydrogen) atoms. The summed E-state index contributed by atoms with van der Waals surface area (Å²) in [6.07, 6.45) is 3.81. The number of hydrogen-bond donors (Lipinski definition) is 4. The largest absolute Gasteiger partial charge is 0.399 e. The van der Waals surface area contributed by atoms with Crippen molar-refractivity contribution in [1.29, 1.82) is 0 Å². The Morgan fingerprint density at radius 3 is 1.25 bits per heavy atom. The molecule has 0 unspecified atom stereocenters. The van der Waals surface area contributed by atoms with Crippen LogP contribution < -0.4 is 22.9 Å². The van der Waals surface area contributed by atoms with E-state index in [0.717, 1.165) is 48.4 Å². The Labute approximate surface area is 216 Å². The minimum absolute atomic E-state index is 0.820. The molecule has 0 fully saturated rings. The van der Waals surface area contributed by atoms with Crippen molar-refractivity contribution >= 4 is 22.7 Å². The monoisotopic (exact) mass is 480 g/mol. The van der Waals surface area contributed by atoms with Crippen LogP contribution in [-0.4, -0.2) is 0 Å². The molecule has 8 N–H and O–H groups in total. The normalized spacial score (nSPS) is 10.6. The summed E-state index contributed by atoms with van der Waals surface area (Å²) in [7, 11) is 0. The van der Waals surface area contributed by atoms with Gasteiger partial charge in [-0.15, -0.1) is 0 Å². The van der Waals surface area contributed by atoms with Gasteiger partial charge in [0.05, 0.1) is 0 Å². The second kappa shape index (κ2) is 12.2. The van der Waals surface area contributed by atoms with E-state index in [-0.39, 0.29) is 0 Å². The van der Waals surface area contributed by atoms with Crippen LogP contribution in [0, 0.1) is 13.8 Å². The molecule has 0 aliphatic carbocycles. The third kappa shape index (κ3) is 7.05. The lowest BCUT2D eigenvalue weighted by atomic mass is 9.97. The fourth-order valence-electron chi connectivity index (χ4n) is 4.43. The molecule has 0 bridgehead atoms. The molecular formula is C32H40N4. The van der Waals surface area contributed by atoms with E-state index in [1.165, 1.54) is 44.5 Å². The molecule has 0 aliphatic heterocycles. The smallest absolute Gasteiger partial charge is 0.0346 e. The summed E-state index contributed by atoms with van der Waals surface area (Å²) in [6, 6.07) is 24.8. The van der Waals surface area contributed by atoms with E-state index in [1.807, 2.05) is 36.4 Å². The van der Waals surface area contributed by atoms with E-state index >= 15 is 0 Å². The van der Waals surface area contributed by atoms with Crippen LogP contribution in [0.25, 0.3) is 0 Å². The molecular weight excluding hydrogens is 440 g/mol. The average Bonchev–Trinajstić information content (AvgIpc) is 2.85. The summed E-state index contributed by atoms with van der Waals surface area (Å²) in [5.41, 5.74) is 37.0. The molecule has 4 aromatic carbocycles. The van der Waals surface area contributed by atoms with Gasteiger partial charge in [-0.3, -0.25) is 0 Å². The first kappa shape index (κ1) is 26.7. The van der Waals surface area contributed by atoms with Crippen LogP contribution in [0.1, 0.15) is 58.4 Å². The quantitative estimate of drug-likeness (QED) is 0.233. The van der Waals surface area contributed by atoms with Gasteiger partial charge in [0.2, 0.25) is 0 Å². The molecule has 4 heteroatoms. The van der Waals surface area contributed by atoms with Gasteiger partial charge >= 0.3 is 0 Å².